The predicted molar refractivity (Wildman–Crippen MR) is 86.0 cm³/mol. The Hall–Kier alpha value is -1.28. The van der Waals surface area contributed by atoms with Crippen LogP contribution in [0.3, 0.4) is 0 Å². The van der Waals surface area contributed by atoms with E-state index in [1.54, 1.807) is 12.2 Å². The minimum absolute atomic E-state index is 0.00740. The van der Waals surface area contributed by atoms with Crippen LogP contribution in [-0.2, 0) is 23.9 Å². The SMILES string of the molecule is COC1(OC)C2C=CC(C1O)N(C(=O)[C@]13CCC(CC1=O)C3(C)C)O2. The number of hydrogen-bond donors (Lipinski definition) is 1. The van der Waals surface area contributed by atoms with Crippen molar-refractivity contribution in [3.63, 3.8) is 0 Å². The number of amides is 1. The maximum Gasteiger partial charge on any atom is 0.261 e. The van der Waals surface area contributed by atoms with Gasteiger partial charge in [0.1, 0.15) is 23.3 Å². The van der Waals surface area contributed by atoms with Crippen LogP contribution in [0.15, 0.2) is 12.2 Å². The zero-order valence-corrected chi connectivity index (χ0v) is 15.0. The van der Waals surface area contributed by atoms with E-state index in [2.05, 4.69) is 0 Å². The number of Topliss-reactive ketones (excluding diaryl/α,β-unsaturated/α-hetero) is 1. The maximum absolute atomic E-state index is 13.5. The first-order valence-electron chi connectivity index (χ1n) is 8.76. The van der Waals surface area contributed by atoms with Crippen molar-refractivity contribution in [1.29, 1.82) is 0 Å². The van der Waals surface area contributed by atoms with Crippen molar-refractivity contribution in [1.82, 2.24) is 5.06 Å². The van der Waals surface area contributed by atoms with Crippen LogP contribution < -0.4 is 0 Å². The number of hydrogen-bond acceptors (Lipinski definition) is 6. The first kappa shape index (κ1) is 17.1. The van der Waals surface area contributed by atoms with E-state index in [0.717, 1.165) is 6.42 Å². The number of methoxy groups -OCH3 is 2. The van der Waals surface area contributed by atoms with Gasteiger partial charge in [0.15, 0.2) is 6.10 Å². The maximum atomic E-state index is 13.5. The lowest BCUT2D eigenvalue weighted by Crippen LogP contribution is -2.72. The normalized spacial score (nSPS) is 43.1. The van der Waals surface area contributed by atoms with Crippen LogP contribution in [0.25, 0.3) is 0 Å². The number of hydroxylamine groups is 2. The molecule has 1 N–H and O–H groups in total. The number of ether oxygens (including phenoxy) is 2. The Morgan fingerprint density at radius 1 is 1.32 bits per heavy atom. The number of fused-ring (bicyclic) bond motifs is 4. The zero-order valence-electron chi connectivity index (χ0n) is 15.0. The summed E-state index contributed by atoms with van der Waals surface area (Å²) < 4.78 is 10.8. The highest BCUT2D eigenvalue weighted by molar-refractivity contribution is 6.09. The van der Waals surface area contributed by atoms with Crippen LogP contribution in [0, 0.1) is 16.7 Å². The van der Waals surface area contributed by atoms with Crippen molar-refractivity contribution < 1.29 is 29.0 Å². The molecule has 1 saturated heterocycles. The molecule has 3 fully saturated rings. The first-order valence-corrected chi connectivity index (χ1v) is 8.76. The van der Waals surface area contributed by atoms with Gasteiger partial charge in [0.2, 0.25) is 5.79 Å². The summed E-state index contributed by atoms with van der Waals surface area (Å²) >= 11 is 0. The molecule has 2 heterocycles. The van der Waals surface area contributed by atoms with E-state index in [-0.39, 0.29) is 17.6 Å². The number of aliphatic hydroxyl groups is 1. The summed E-state index contributed by atoms with van der Waals surface area (Å²) in [7, 11) is 2.86. The molecule has 0 aromatic heterocycles. The summed E-state index contributed by atoms with van der Waals surface area (Å²) in [5.74, 6) is -1.49. The van der Waals surface area contributed by atoms with Gasteiger partial charge in [0.05, 0.1) is 0 Å². The van der Waals surface area contributed by atoms with Crippen LogP contribution in [0.4, 0.5) is 0 Å². The lowest BCUT2D eigenvalue weighted by molar-refractivity contribution is -0.387. The molecule has 4 bridgehead atoms. The average Bonchev–Trinajstić information content (AvgIpc) is 2.97. The molecule has 4 unspecified atom stereocenters. The van der Waals surface area contributed by atoms with E-state index in [1.165, 1.54) is 19.3 Å². The molecule has 0 radical (unpaired) electrons. The number of ketones is 1. The molecule has 0 aromatic carbocycles. The molecular weight excluding hydrogens is 326 g/mol. The van der Waals surface area contributed by atoms with Crippen LogP contribution >= 0.6 is 0 Å². The van der Waals surface area contributed by atoms with Gasteiger partial charge in [0, 0.05) is 20.6 Å². The number of rotatable bonds is 3. The van der Waals surface area contributed by atoms with Crippen molar-refractivity contribution in [3.05, 3.63) is 12.2 Å². The third-order valence-corrected chi connectivity index (χ3v) is 7.21. The van der Waals surface area contributed by atoms with Gasteiger partial charge in [-0.2, -0.15) is 0 Å². The Labute approximate surface area is 146 Å². The van der Waals surface area contributed by atoms with Crippen molar-refractivity contribution in [2.75, 3.05) is 14.2 Å². The molecule has 2 saturated carbocycles. The van der Waals surface area contributed by atoms with Gasteiger partial charge in [-0.25, -0.2) is 5.06 Å². The summed E-state index contributed by atoms with van der Waals surface area (Å²) in [4.78, 5) is 32.1. The topological polar surface area (TPSA) is 85.3 Å². The van der Waals surface area contributed by atoms with E-state index in [1.807, 2.05) is 13.8 Å². The van der Waals surface area contributed by atoms with Gasteiger partial charge in [-0.3, -0.25) is 14.4 Å². The van der Waals surface area contributed by atoms with Crippen molar-refractivity contribution >= 4 is 11.7 Å². The largest absolute Gasteiger partial charge is 0.385 e. The average molecular weight is 351 g/mol. The lowest BCUT2D eigenvalue weighted by Gasteiger charge is -2.54. The number of aliphatic hydroxyl groups excluding tert-OH is 1. The fourth-order valence-electron chi connectivity index (χ4n) is 5.47. The van der Waals surface area contributed by atoms with Crippen LogP contribution in [-0.4, -0.2) is 60.1 Å². The van der Waals surface area contributed by atoms with Gasteiger partial charge in [0.25, 0.3) is 5.91 Å². The van der Waals surface area contributed by atoms with E-state index < -0.39 is 34.9 Å². The Morgan fingerprint density at radius 3 is 2.48 bits per heavy atom. The highest BCUT2D eigenvalue weighted by atomic mass is 16.8. The molecule has 3 aliphatic carbocycles. The molecule has 138 valence electrons. The van der Waals surface area contributed by atoms with Crippen LogP contribution in [0.2, 0.25) is 0 Å². The minimum Gasteiger partial charge on any atom is -0.385 e. The van der Waals surface area contributed by atoms with Gasteiger partial charge in [-0.15, -0.1) is 0 Å². The summed E-state index contributed by atoms with van der Waals surface area (Å²) in [5, 5.41) is 12.0. The van der Waals surface area contributed by atoms with Crippen LogP contribution in [0.5, 0.6) is 0 Å². The molecule has 5 aliphatic rings. The third kappa shape index (κ3) is 1.75. The Bertz CT molecular complexity index is 654. The predicted octanol–water partition coefficient (Wildman–Crippen LogP) is 0.813. The first-order chi connectivity index (χ1) is 11.8. The fourth-order valence-corrected chi connectivity index (χ4v) is 5.47. The zero-order chi connectivity index (χ0) is 18.2. The Morgan fingerprint density at radius 2 is 2.00 bits per heavy atom. The van der Waals surface area contributed by atoms with E-state index in [0.29, 0.717) is 12.8 Å². The fraction of sp³-hybridized carbons (Fsp3) is 0.778. The van der Waals surface area contributed by atoms with Crippen molar-refractivity contribution in [2.45, 2.75) is 57.1 Å². The van der Waals surface area contributed by atoms with Crippen molar-refractivity contribution in [2.24, 2.45) is 16.7 Å². The molecule has 1 amide bonds. The lowest BCUT2D eigenvalue weighted by atomic mass is 9.67. The standard InChI is InChI=1S/C18H25NO6/c1-16(2)10-7-8-17(16,12(20)9-10)15(22)19-11-5-6-13(25-19)18(23-3,24-4)14(11)21/h5-6,10-11,13-14,21H,7-9H2,1-4H3/t10?,11?,13?,14?,17-/m0/s1. The Balaban J connectivity index is 1.70. The highest BCUT2D eigenvalue weighted by Crippen LogP contribution is 2.65. The summed E-state index contributed by atoms with van der Waals surface area (Å²) in [6, 6.07) is -0.755. The molecule has 7 nitrogen and oxygen atoms in total. The number of nitrogens with zero attached hydrogens (tertiary/aromatic N) is 1. The third-order valence-electron chi connectivity index (χ3n) is 7.21. The van der Waals surface area contributed by atoms with E-state index >= 15 is 0 Å². The highest BCUT2D eigenvalue weighted by Gasteiger charge is 2.71. The molecule has 2 aliphatic heterocycles. The molecule has 5 rings (SSSR count). The Kier molecular flexibility index (Phi) is 3.52. The number of carbonyl (C=O) groups is 2. The second-order valence-corrected chi connectivity index (χ2v) is 8.10. The molecule has 0 aromatic rings. The van der Waals surface area contributed by atoms with E-state index in [4.69, 9.17) is 14.3 Å². The summed E-state index contributed by atoms with van der Waals surface area (Å²) in [6.07, 6.45) is 3.43. The number of carbonyl (C=O) groups excluding carboxylic acids is 2. The van der Waals surface area contributed by atoms with Crippen LogP contribution in [0.1, 0.15) is 33.1 Å². The van der Waals surface area contributed by atoms with Gasteiger partial charge >= 0.3 is 0 Å². The minimum atomic E-state index is -1.36. The molecule has 5 atom stereocenters. The summed E-state index contributed by atoms with van der Waals surface area (Å²) in [5.41, 5.74) is -1.47. The second-order valence-electron chi connectivity index (χ2n) is 8.10. The molecule has 0 spiro atoms. The van der Waals surface area contributed by atoms with Gasteiger partial charge in [-0.1, -0.05) is 19.9 Å². The van der Waals surface area contributed by atoms with Crippen molar-refractivity contribution in [3.8, 4) is 0 Å². The monoisotopic (exact) mass is 351 g/mol. The molecule has 25 heavy (non-hydrogen) atoms. The van der Waals surface area contributed by atoms with Gasteiger partial charge < -0.3 is 14.6 Å². The smallest absolute Gasteiger partial charge is 0.261 e. The van der Waals surface area contributed by atoms with Gasteiger partial charge in [-0.05, 0) is 30.3 Å². The summed E-state index contributed by atoms with van der Waals surface area (Å²) in [6.45, 7) is 3.99. The second kappa shape index (κ2) is 5.13. The molecular formula is C18H25NO6. The van der Waals surface area contributed by atoms with E-state index in [9.17, 15) is 14.7 Å². The quantitative estimate of drug-likeness (QED) is 0.460. The molecule has 7 heteroatoms.